The van der Waals surface area contributed by atoms with Gasteiger partial charge in [-0.3, -0.25) is 0 Å². The molecule has 0 bridgehead atoms. The van der Waals surface area contributed by atoms with E-state index in [9.17, 15) is 4.39 Å². The van der Waals surface area contributed by atoms with Gasteiger partial charge >= 0.3 is 0 Å². The molecule has 1 heterocycles. The van der Waals surface area contributed by atoms with E-state index in [4.69, 9.17) is 0 Å². The van der Waals surface area contributed by atoms with Gasteiger partial charge in [0.1, 0.15) is 5.82 Å². The molecule has 1 fully saturated rings. The Balaban J connectivity index is 2.24. The summed E-state index contributed by atoms with van der Waals surface area (Å²) in [6.07, 6.45) is 3.46. The van der Waals surface area contributed by atoms with E-state index in [-0.39, 0.29) is 11.9 Å². The molecule has 0 radical (unpaired) electrons. The summed E-state index contributed by atoms with van der Waals surface area (Å²) < 4.78 is 14.6. The normalized spacial score (nSPS) is 22.3. The van der Waals surface area contributed by atoms with Crippen LogP contribution >= 0.6 is 22.6 Å². The lowest BCUT2D eigenvalue weighted by molar-refractivity contribution is 0.400. The highest BCUT2D eigenvalue weighted by Crippen LogP contribution is 2.26. The van der Waals surface area contributed by atoms with E-state index in [1.54, 1.807) is 6.07 Å². The van der Waals surface area contributed by atoms with Crippen molar-refractivity contribution in [3.63, 3.8) is 0 Å². The van der Waals surface area contributed by atoms with E-state index < -0.39 is 0 Å². The minimum Gasteiger partial charge on any atom is -0.310 e. The van der Waals surface area contributed by atoms with Crippen molar-refractivity contribution in [3.05, 3.63) is 33.1 Å². The van der Waals surface area contributed by atoms with E-state index in [1.165, 1.54) is 12.8 Å². The Bertz CT molecular complexity index is 321. The first-order chi connectivity index (χ1) is 6.77. The molecule has 0 amide bonds. The SMILES string of the molecule is Fc1ccc(I)cc1C1CCCCN1. The van der Waals surface area contributed by atoms with Crippen LogP contribution in [0.4, 0.5) is 4.39 Å². The van der Waals surface area contributed by atoms with Crippen LogP contribution in [0.5, 0.6) is 0 Å². The first-order valence-electron chi connectivity index (χ1n) is 4.96. The number of halogens is 2. The van der Waals surface area contributed by atoms with Crippen LogP contribution in [0.25, 0.3) is 0 Å². The molecule has 0 aliphatic carbocycles. The molecule has 1 atom stereocenters. The molecule has 1 aliphatic heterocycles. The number of hydrogen-bond donors (Lipinski definition) is 1. The van der Waals surface area contributed by atoms with Crippen molar-refractivity contribution in [2.24, 2.45) is 0 Å². The third kappa shape index (κ3) is 2.25. The minimum absolute atomic E-state index is 0.0789. The zero-order chi connectivity index (χ0) is 9.97. The highest BCUT2D eigenvalue weighted by Gasteiger charge is 2.17. The van der Waals surface area contributed by atoms with Crippen LogP contribution in [-0.4, -0.2) is 6.54 Å². The van der Waals surface area contributed by atoms with Crippen molar-refractivity contribution >= 4 is 22.6 Å². The smallest absolute Gasteiger partial charge is 0.128 e. The van der Waals surface area contributed by atoms with Crippen LogP contribution in [0.15, 0.2) is 18.2 Å². The molecule has 2 rings (SSSR count). The van der Waals surface area contributed by atoms with Crippen LogP contribution in [0.1, 0.15) is 30.9 Å². The summed E-state index contributed by atoms with van der Waals surface area (Å²) in [5.74, 6) is -0.0789. The summed E-state index contributed by atoms with van der Waals surface area (Å²) in [7, 11) is 0. The molecule has 1 aliphatic rings. The standard InChI is InChI=1S/C11H13FIN/c12-10-5-4-8(13)7-9(10)11-3-1-2-6-14-11/h4-5,7,11,14H,1-3,6H2. The van der Waals surface area contributed by atoms with Crippen LogP contribution < -0.4 is 5.32 Å². The van der Waals surface area contributed by atoms with E-state index in [0.29, 0.717) is 0 Å². The van der Waals surface area contributed by atoms with E-state index >= 15 is 0 Å². The number of nitrogens with one attached hydrogen (secondary N) is 1. The first kappa shape index (κ1) is 10.4. The molecule has 3 heteroatoms. The lowest BCUT2D eigenvalue weighted by Crippen LogP contribution is -2.27. The maximum Gasteiger partial charge on any atom is 0.128 e. The topological polar surface area (TPSA) is 12.0 Å². The molecule has 1 unspecified atom stereocenters. The van der Waals surface area contributed by atoms with Gasteiger partial charge in [-0.1, -0.05) is 6.42 Å². The van der Waals surface area contributed by atoms with Crippen LogP contribution in [0.3, 0.4) is 0 Å². The van der Waals surface area contributed by atoms with Crippen molar-refractivity contribution in [3.8, 4) is 0 Å². The average molecular weight is 305 g/mol. The minimum atomic E-state index is -0.0789. The van der Waals surface area contributed by atoms with Crippen molar-refractivity contribution in [1.29, 1.82) is 0 Å². The Labute approximate surface area is 97.2 Å². The molecule has 0 spiro atoms. The van der Waals surface area contributed by atoms with Gasteiger partial charge in [-0.05, 0) is 60.2 Å². The molecular weight excluding hydrogens is 292 g/mol. The van der Waals surface area contributed by atoms with Crippen molar-refractivity contribution in [2.75, 3.05) is 6.54 Å². The second-order valence-electron chi connectivity index (χ2n) is 3.67. The fourth-order valence-electron chi connectivity index (χ4n) is 1.90. The van der Waals surface area contributed by atoms with Gasteiger partial charge < -0.3 is 5.32 Å². The Hall–Kier alpha value is -0.160. The lowest BCUT2D eigenvalue weighted by Gasteiger charge is -2.24. The van der Waals surface area contributed by atoms with E-state index in [0.717, 1.165) is 22.1 Å². The summed E-state index contributed by atoms with van der Waals surface area (Å²) in [5, 5.41) is 3.36. The quantitative estimate of drug-likeness (QED) is 0.786. The van der Waals surface area contributed by atoms with Crippen molar-refractivity contribution in [1.82, 2.24) is 5.32 Å². The number of rotatable bonds is 1. The lowest BCUT2D eigenvalue weighted by atomic mass is 9.97. The summed E-state index contributed by atoms with van der Waals surface area (Å²) in [5.41, 5.74) is 0.830. The zero-order valence-electron chi connectivity index (χ0n) is 7.89. The maximum atomic E-state index is 13.5. The molecule has 0 aromatic heterocycles. The van der Waals surface area contributed by atoms with Crippen LogP contribution in [-0.2, 0) is 0 Å². The molecule has 1 N–H and O–H groups in total. The van der Waals surface area contributed by atoms with Gasteiger partial charge in [0, 0.05) is 15.2 Å². The fourth-order valence-corrected chi connectivity index (χ4v) is 2.41. The van der Waals surface area contributed by atoms with Crippen molar-refractivity contribution in [2.45, 2.75) is 25.3 Å². The second-order valence-corrected chi connectivity index (χ2v) is 4.91. The molecule has 0 saturated carbocycles. The predicted octanol–water partition coefficient (Wildman–Crippen LogP) is 3.24. The summed E-state index contributed by atoms with van der Waals surface area (Å²) in [6.45, 7) is 1.01. The summed E-state index contributed by atoms with van der Waals surface area (Å²) in [4.78, 5) is 0. The predicted molar refractivity (Wildman–Crippen MR) is 63.7 cm³/mol. The molecular formula is C11H13FIN. The Kier molecular flexibility index (Phi) is 3.38. The average Bonchev–Trinajstić information content (AvgIpc) is 2.23. The van der Waals surface area contributed by atoms with Gasteiger partial charge in [0.25, 0.3) is 0 Å². The Morgan fingerprint density at radius 3 is 2.93 bits per heavy atom. The molecule has 1 nitrogen and oxygen atoms in total. The number of benzene rings is 1. The van der Waals surface area contributed by atoms with Gasteiger partial charge in [-0.2, -0.15) is 0 Å². The van der Waals surface area contributed by atoms with E-state index in [2.05, 4.69) is 27.9 Å². The van der Waals surface area contributed by atoms with Gasteiger partial charge in [-0.15, -0.1) is 0 Å². The molecule has 76 valence electrons. The molecule has 1 saturated heterocycles. The number of hydrogen-bond acceptors (Lipinski definition) is 1. The molecule has 1 aromatic rings. The van der Waals surface area contributed by atoms with E-state index in [1.807, 2.05) is 12.1 Å². The second kappa shape index (κ2) is 4.57. The maximum absolute atomic E-state index is 13.5. The third-order valence-electron chi connectivity index (χ3n) is 2.64. The fraction of sp³-hybridized carbons (Fsp3) is 0.455. The molecule has 14 heavy (non-hydrogen) atoms. The first-order valence-corrected chi connectivity index (χ1v) is 6.03. The third-order valence-corrected chi connectivity index (χ3v) is 3.31. The van der Waals surface area contributed by atoms with Gasteiger partial charge in [0.15, 0.2) is 0 Å². The van der Waals surface area contributed by atoms with Gasteiger partial charge in [0.05, 0.1) is 0 Å². The number of piperidine rings is 1. The highest BCUT2D eigenvalue weighted by atomic mass is 127. The van der Waals surface area contributed by atoms with Gasteiger partial charge in [-0.25, -0.2) is 4.39 Å². The zero-order valence-corrected chi connectivity index (χ0v) is 10.1. The largest absolute Gasteiger partial charge is 0.310 e. The Morgan fingerprint density at radius 1 is 1.36 bits per heavy atom. The van der Waals surface area contributed by atoms with Crippen LogP contribution in [0.2, 0.25) is 0 Å². The van der Waals surface area contributed by atoms with Gasteiger partial charge in [0.2, 0.25) is 0 Å². The van der Waals surface area contributed by atoms with Crippen molar-refractivity contribution < 1.29 is 4.39 Å². The highest BCUT2D eigenvalue weighted by molar-refractivity contribution is 14.1. The van der Waals surface area contributed by atoms with Crippen LogP contribution in [0, 0.1) is 9.39 Å². The summed E-state index contributed by atoms with van der Waals surface area (Å²) >= 11 is 2.22. The monoisotopic (exact) mass is 305 g/mol. The Morgan fingerprint density at radius 2 is 2.21 bits per heavy atom. The summed E-state index contributed by atoms with van der Waals surface area (Å²) in [6, 6.07) is 5.53. The molecule has 1 aromatic carbocycles.